The van der Waals surface area contributed by atoms with Crippen molar-refractivity contribution in [3.8, 4) is 0 Å². The van der Waals surface area contributed by atoms with Crippen LogP contribution in [0.1, 0.15) is 25.0 Å². The molecule has 0 aliphatic carbocycles. The molecule has 1 heterocycles. The quantitative estimate of drug-likeness (QED) is 0.800. The normalized spacial score (nSPS) is 10.5. The van der Waals surface area contributed by atoms with Crippen molar-refractivity contribution >= 4 is 29.2 Å². The highest BCUT2D eigenvalue weighted by Gasteiger charge is 2.10. The van der Waals surface area contributed by atoms with Gasteiger partial charge in [0.2, 0.25) is 5.91 Å². The minimum absolute atomic E-state index is 0.00238. The zero-order valence-corrected chi connectivity index (χ0v) is 13.7. The fourth-order valence-electron chi connectivity index (χ4n) is 2.20. The first-order chi connectivity index (χ1) is 10.6. The zero-order chi connectivity index (χ0) is 15.9. The van der Waals surface area contributed by atoms with Crippen LogP contribution >= 0.6 is 11.8 Å². The predicted octanol–water partition coefficient (Wildman–Crippen LogP) is 3.52. The van der Waals surface area contributed by atoms with Crippen LogP contribution in [-0.4, -0.2) is 16.6 Å². The van der Waals surface area contributed by atoms with Gasteiger partial charge in [0.05, 0.1) is 5.75 Å². The summed E-state index contributed by atoms with van der Waals surface area (Å²) in [6.07, 6.45) is 3.49. The topological polar surface area (TPSA) is 68.0 Å². The van der Waals surface area contributed by atoms with Gasteiger partial charge in [-0.05, 0) is 36.1 Å². The molecule has 5 heteroatoms. The van der Waals surface area contributed by atoms with E-state index in [1.54, 1.807) is 12.3 Å². The Morgan fingerprint density at radius 3 is 2.41 bits per heavy atom. The van der Waals surface area contributed by atoms with Crippen molar-refractivity contribution in [1.29, 1.82) is 0 Å². The number of hydrogen-bond donors (Lipinski definition) is 2. The minimum atomic E-state index is -0.00238. The van der Waals surface area contributed by atoms with Crippen LogP contribution in [0, 0.1) is 0 Å². The molecule has 1 aromatic carbocycles. The third kappa shape index (κ3) is 4.24. The van der Waals surface area contributed by atoms with Crippen molar-refractivity contribution < 1.29 is 4.79 Å². The average Bonchev–Trinajstić information content (AvgIpc) is 2.54. The highest BCUT2D eigenvalue weighted by molar-refractivity contribution is 8.00. The third-order valence-electron chi connectivity index (χ3n) is 3.39. The standard InChI is InChI=1S/C17H21N3OS/c1-3-12-6-5-7-13(4-2)17(12)20-16(21)11-22-14-8-9-15(18)19-10-14/h5-10H,3-4,11H2,1-2H3,(H2,18,19)(H,20,21). The second-order valence-electron chi connectivity index (χ2n) is 4.91. The van der Waals surface area contributed by atoms with E-state index < -0.39 is 0 Å². The number of hydrogen-bond acceptors (Lipinski definition) is 4. The van der Waals surface area contributed by atoms with Gasteiger partial charge in [-0.1, -0.05) is 32.0 Å². The lowest BCUT2D eigenvalue weighted by Crippen LogP contribution is -2.16. The van der Waals surface area contributed by atoms with Gasteiger partial charge in [0.1, 0.15) is 5.82 Å². The molecule has 2 aromatic rings. The molecule has 0 aliphatic rings. The molecule has 0 saturated heterocycles. The average molecular weight is 315 g/mol. The molecule has 0 unspecified atom stereocenters. The van der Waals surface area contributed by atoms with E-state index in [4.69, 9.17) is 5.73 Å². The van der Waals surface area contributed by atoms with E-state index >= 15 is 0 Å². The number of carbonyl (C=O) groups excluding carboxylic acids is 1. The monoisotopic (exact) mass is 315 g/mol. The maximum atomic E-state index is 12.2. The maximum absolute atomic E-state index is 12.2. The predicted molar refractivity (Wildman–Crippen MR) is 93.2 cm³/mol. The largest absolute Gasteiger partial charge is 0.384 e. The van der Waals surface area contributed by atoms with E-state index in [9.17, 15) is 4.79 Å². The van der Waals surface area contributed by atoms with Crippen molar-refractivity contribution in [2.45, 2.75) is 31.6 Å². The fourth-order valence-corrected chi connectivity index (χ4v) is 2.87. The summed E-state index contributed by atoms with van der Waals surface area (Å²) >= 11 is 1.45. The molecule has 0 atom stereocenters. The van der Waals surface area contributed by atoms with Crippen molar-refractivity contribution in [2.75, 3.05) is 16.8 Å². The van der Waals surface area contributed by atoms with E-state index in [0.717, 1.165) is 23.4 Å². The molecule has 0 radical (unpaired) electrons. The molecule has 0 fully saturated rings. The minimum Gasteiger partial charge on any atom is -0.384 e. The Morgan fingerprint density at radius 2 is 1.86 bits per heavy atom. The molecule has 1 amide bonds. The number of benzene rings is 1. The molecule has 0 aliphatic heterocycles. The lowest BCUT2D eigenvalue weighted by atomic mass is 10.0. The number of carbonyl (C=O) groups is 1. The number of amides is 1. The third-order valence-corrected chi connectivity index (χ3v) is 4.37. The molecular formula is C17H21N3OS. The Bertz CT molecular complexity index is 619. The number of nitrogens with one attached hydrogen (secondary N) is 1. The van der Waals surface area contributed by atoms with Crippen LogP contribution in [-0.2, 0) is 17.6 Å². The summed E-state index contributed by atoms with van der Waals surface area (Å²) in [5.41, 5.74) is 8.86. The number of nitrogen functional groups attached to an aromatic ring is 1. The Morgan fingerprint density at radius 1 is 1.18 bits per heavy atom. The van der Waals surface area contributed by atoms with Gasteiger partial charge >= 0.3 is 0 Å². The first-order valence-corrected chi connectivity index (χ1v) is 8.37. The van der Waals surface area contributed by atoms with Crippen LogP contribution in [0.5, 0.6) is 0 Å². The van der Waals surface area contributed by atoms with Gasteiger partial charge in [0, 0.05) is 16.8 Å². The number of aryl methyl sites for hydroxylation is 2. The summed E-state index contributed by atoms with van der Waals surface area (Å²) in [7, 11) is 0. The number of nitrogens with two attached hydrogens (primary N) is 1. The van der Waals surface area contributed by atoms with Gasteiger partial charge in [-0.2, -0.15) is 0 Å². The number of pyridine rings is 1. The summed E-state index contributed by atoms with van der Waals surface area (Å²) in [5.74, 6) is 0.836. The number of thioether (sulfide) groups is 1. The van der Waals surface area contributed by atoms with E-state index in [1.165, 1.54) is 22.9 Å². The Balaban J connectivity index is 2.01. The van der Waals surface area contributed by atoms with Gasteiger partial charge < -0.3 is 11.1 Å². The number of rotatable bonds is 6. The van der Waals surface area contributed by atoms with E-state index in [2.05, 4.69) is 36.3 Å². The van der Waals surface area contributed by atoms with Crippen LogP contribution < -0.4 is 11.1 Å². The maximum Gasteiger partial charge on any atom is 0.234 e. The van der Waals surface area contributed by atoms with E-state index in [0.29, 0.717) is 11.6 Å². The Kier molecular flexibility index (Phi) is 5.83. The van der Waals surface area contributed by atoms with Crippen LogP contribution in [0.2, 0.25) is 0 Å². The van der Waals surface area contributed by atoms with Crippen LogP contribution in [0.4, 0.5) is 11.5 Å². The van der Waals surface area contributed by atoms with Crippen LogP contribution in [0.15, 0.2) is 41.4 Å². The fraction of sp³-hybridized carbons (Fsp3) is 0.294. The van der Waals surface area contributed by atoms with Gasteiger partial charge in [-0.3, -0.25) is 4.79 Å². The molecule has 0 saturated carbocycles. The number of aromatic nitrogens is 1. The number of nitrogens with zero attached hydrogens (tertiary/aromatic N) is 1. The molecule has 1 aromatic heterocycles. The smallest absolute Gasteiger partial charge is 0.234 e. The van der Waals surface area contributed by atoms with Crippen molar-refractivity contribution in [3.63, 3.8) is 0 Å². The number of para-hydroxylation sites is 1. The SMILES string of the molecule is CCc1cccc(CC)c1NC(=O)CSc1ccc(N)nc1. The molecule has 2 rings (SSSR count). The summed E-state index contributed by atoms with van der Waals surface area (Å²) in [4.78, 5) is 17.2. The van der Waals surface area contributed by atoms with Crippen molar-refractivity contribution in [3.05, 3.63) is 47.7 Å². The summed E-state index contributed by atoms with van der Waals surface area (Å²) in [6, 6.07) is 9.78. The van der Waals surface area contributed by atoms with Crippen LogP contribution in [0.25, 0.3) is 0 Å². The van der Waals surface area contributed by atoms with Gasteiger partial charge in [-0.25, -0.2) is 4.98 Å². The van der Waals surface area contributed by atoms with Gasteiger partial charge in [0.15, 0.2) is 0 Å². The van der Waals surface area contributed by atoms with E-state index in [-0.39, 0.29) is 5.91 Å². The highest BCUT2D eigenvalue weighted by Crippen LogP contribution is 2.24. The first kappa shape index (κ1) is 16.4. The summed E-state index contributed by atoms with van der Waals surface area (Å²) in [6.45, 7) is 4.19. The molecule has 0 spiro atoms. The molecule has 3 N–H and O–H groups in total. The van der Waals surface area contributed by atoms with Gasteiger partial charge in [0.25, 0.3) is 0 Å². The Hall–Kier alpha value is -2.01. The zero-order valence-electron chi connectivity index (χ0n) is 12.9. The lowest BCUT2D eigenvalue weighted by Gasteiger charge is -2.14. The van der Waals surface area contributed by atoms with E-state index in [1.807, 2.05) is 12.1 Å². The second kappa shape index (κ2) is 7.84. The van der Waals surface area contributed by atoms with Crippen molar-refractivity contribution in [2.24, 2.45) is 0 Å². The second-order valence-corrected chi connectivity index (χ2v) is 5.96. The summed E-state index contributed by atoms with van der Waals surface area (Å²) < 4.78 is 0. The highest BCUT2D eigenvalue weighted by atomic mass is 32.2. The lowest BCUT2D eigenvalue weighted by molar-refractivity contribution is -0.113. The van der Waals surface area contributed by atoms with Crippen molar-refractivity contribution in [1.82, 2.24) is 4.98 Å². The van der Waals surface area contributed by atoms with Crippen LogP contribution in [0.3, 0.4) is 0 Å². The molecule has 22 heavy (non-hydrogen) atoms. The molecule has 116 valence electrons. The van der Waals surface area contributed by atoms with Gasteiger partial charge in [-0.15, -0.1) is 11.8 Å². The summed E-state index contributed by atoms with van der Waals surface area (Å²) in [5, 5.41) is 3.06. The molecule has 4 nitrogen and oxygen atoms in total. The molecular weight excluding hydrogens is 294 g/mol. The first-order valence-electron chi connectivity index (χ1n) is 7.39. The Labute approximate surface area is 135 Å². The number of anilines is 2. The molecule has 0 bridgehead atoms.